The number of ether oxygens (including phenoxy) is 1. The Labute approximate surface area is 173 Å². The van der Waals surface area contributed by atoms with Gasteiger partial charge in [0.25, 0.3) is 5.91 Å². The van der Waals surface area contributed by atoms with E-state index >= 15 is 0 Å². The SMILES string of the molecule is COc1ccc(N2CCN(C(=O)c3cncc(N4CCCCCC4)c3)CC2)cc1. The van der Waals surface area contributed by atoms with Crippen molar-refractivity contribution in [1.82, 2.24) is 9.88 Å². The zero-order chi connectivity index (χ0) is 20.1. The first kappa shape index (κ1) is 19.6. The molecule has 1 aromatic heterocycles. The lowest BCUT2D eigenvalue weighted by Crippen LogP contribution is -2.48. The van der Waals surface area contributed by atoms with E-state index in [1.54, 1.807) is 13.3 Å². The summed E-state index contributed by atoms with van der Waals surface area (Å²) in [6, 6.07) is 10.1. The molecule has 2 aliphatic heterocycles. The number of aromatic nitrogens is 1. The highest BCUT2D eigenvalue weighted by Gasteiger charge is 2.23. The van der Waals surface area contributed by atoms with E-state index in [9.17, 15) is 4.79 Å². The fourth-order valence-electron chi connectivity index (χ4n) is 4.19. The van der Waals surface area contributed by atoms with E-state index in [4.69, 9.17) is 4.74 Å². The Balaban J connectivity index is 1.38. The number of amides is 1. The Hall–Kier alpha value is -2.76. The lowest BCUT2D eigenvalue weighted by atomic mass is 10.2. The maximum absolute atomic E-state index is 13.1. The quantitative estimate of drug-likeness (QED) is 0.795. The first-order valence-electron chi connectivity index (χ1n) is 10.6. The molecule has 0 atom stereocenters. The predicted molar refractivity (Wildman–Crippen MR) is 116 cm³/mol. The molecule has 0 radical (unpaired) electrons. The number of hydrogen-bond acceptors (Lipinski definition) is 5. The van der Waals surface area contributed by atoms with Gasteiger partial charge in [-0.1, -0.05) is 12.8 Å². The molecule has 154 valence electrons. The number of methoxy groups -OCH3 is 1. The molecule has 0 spiro atoms. The molecule has 0 saturated carbocycles. The second-order valence-corrected chi connectivity index (χ2v) is 7.81. The number of carbonyl (C=O) groups is 1. The zero-order valence-electron chi connectivity index (χ0n) is 17.2. The molecule has 4 rings (SSSR count). The van der Waals surface area contributed by atoms with Gasteiger partial charge in [-0.15, -0.1) is 0 Å². The highest BCUT2D eigenvalue weighted by Crippen LogP contribution is 2.23. The molecule has 0 unspecified atom stereocenters. The van der Waals surface area contributed by atoms with Gasteiger partial charge < -0.3 is 19.4 Å². The molecular weight excluding hydrogens is 364 g/mol. The lowest BCUT2D eigenvalue weighted by Gasteiger charge is -2.36. The van der Waals surface area contributed by atoms with Gasteiger partial charge in [0, 0.05) is 51.2 Å². The number of anilines is 2. The van der Waals surface area contributed by atoms with Crippen molar-refractivity contribution in [3.63, 3.8) is 0 Å². The van der Waals surface area contributed by atoms with Crippen LogP contribution in [-0.4, -0.2) is 62.2 Å². The predicted octanol–water partition coefficient (Wildman–Crippen LogP) is 3.43. The van der Waals surface area contributed by atoms with Crippen LogP contribution in [0.15, 0.2) is 42.7 Å². The van der Waals surface area contributed by atoms with Crippen molar-refractivity contribution in [1.29, 1.82) is 0 Å². The smallest absolute Gasteiger partial charge is 0.255 e. The molecule has 0 aliphatic carbocycles. The summed E-state index contributed by atoms with van der Waals surface area (Å²) in [7, 11) is 1.68. The molecule has 1 aromatic carbocycles. The monoisotopic (exact) mass is 394 g/mol. The molecule has 0 bridgehead atoms. The summed E-state index contributed by atoms with van der Waals surface area (Å²) in [6.45, 7) is 5.21. The van der Waals surface area contributed by atoms with Gasteiger partial charge in [0.1, 0.15) is 5.75 Å². The highest BCUT2D eigenvalue weighted by atomic mass is 16.5. The average molecular weight is 395 g/mol. The summed E-state index contributed by atoms with van der Waals surface area (Å²) in [6.07, 6.45) is 8.61. The summed E-state index contributed by atoms with van der Waals surface area (Å²) < 4.78 is 5.23. The van der Waals surface area contributed by atoms with Crippen molar-refractivity contribution < 1.29 is 9.53 Å². The van der Waals surface area contributed by atoms with Gasteiger partial charge in [-0.25, -0.2) is 0 Å². The molecule has 3 heterocycles. The van der Waals surface area contributed by atoms with Gasteiger partial charge >= 0.3 is 0 Å². The van der Waals surface area contributed by atoms with Crippen LogP contribution in [0.2, 0.25) is 0 Å². The van der Waals surface area contributed by atoms with Crippen LogP contribution in [0.1, 0.15) is 36.0 Å². The molecule has 6 heteroatoms. The van der Waals surface area contributed by atoms with Gasteiger partial charge in [-0.3, -0.25) is 9.78 Å². The Morgan fingerprint density at radius 2 is 1.48 bits per heavy atom. The molecule has 2 fully saturated rings. The second kappa shape index (κ2) is 9.16. The Morgan fingerprint density at radius 3 is 2.14 bits per heavy atom. The van der Waals surface area contributed by atoms with E-state index in [1.807, 2.05) is 29.3 Å². The van der Waals surface area contributed by atoms with Gasteiger partial charge in [0.15, 0.2) is 0 Å². The van der Waals surface area contributed by atoms with Gasteiger partial charge in [-0.2, -0.15) is 0 Å². The molecule has 29 heavy (non-hydrogen) atoms. The van der Waals surface area contributed by atoms with Crippen LogP contribution in [0.4, 0.5) is 11.4 Å². The Morgan fingerprint density at radius 1 is 0.828 bits per heavy atom. The first-order chi connectivity index (χ1) is 14.2. The fraction of sp³-hybridized carbons (Fsp3) is 0.478. The fourth-order valence-corrected chi connectivity index (χ4v) is 4.19. The maximum atomic E-state index is 13.1. The minimum Gasteiger partial charge on any atom is -0.497 e. The van der Waals surface area contributed by atoms with Gasteiger partial charge in [0.2, 0.25) is 0 Å². The minimum atomic E-state index is 0.0866. The van der Waals surface area contributed by atoms with Gasteiger partial charge in [-0.05, 0) is 43.2 Å². The number of nitrogens with zero attached hydrogens (tertiary/aromatic N) is 4. The van der Waals surface area contributed by atoms with Crippen LogP contribution in [0.3, 0.4) is 0 Å². The number of piperazine rings is 1. The van der Waals surface area contributed by atoms with E-state index < -0.39 is 0 Å². The van der Waals surface area contributed by atoms with Crippen molar-refractivity contribution in [2.24, 2.45) is 0 Å². The van der Waals surface area contributed by atoms with Crippen LogP contribution in [0.25, 0.3) is 0 Å². The van der Waals surface area contributed by atoms with Crippen molar-refractivity contribution in [3.8, 4) is 5.75 Å². The topological polar surface area (TPSA) is 48.9 Å². The third-order valence-electron chi connectivity index (χ3n) is 5.95. The van der Waals surface area contributed by atoms with Crippen LogP contribution in [-0.2, 0) is 0 Å². The third kappa shape index (κ3) is 4.63. The Bertz CT molecular complexity index is 808. The molecule has 2 aliphatic rings. The minimum absolute atomic E-state index is 0.0866. The standard InChI is InChI=1S/C23H30N4O2/c1-29-22-8-6-20(7-9-22)26-12-14-27(15-13-26)23(28)19-16-21(18-24-17-19)25-10-4-2-3-5-11-25/h6-9,16-18H,2-5,10-15H2,1H3. The Kier molecular flexibility index (Phi) is 6.17. The molecule has 6 nitrogen and oxygen atoms in total. The van der Waals surface area contributed by atoms with Crippen molar-refractivity contribution in [3.05, 3.63) is 48.3 Å². The summed E-state index contributed by atoms with van der Waals surface area (Å²) in [4.78, 5) is 24.1. The number of benzene rings is 1. The van der Waals surface area contributed by atoms with Gasteiger partial charge in [0.05, 0.1) is 24.6 Å². The largest absolute Gasteiger partial charge is 0.497 e. The maximum Gasteiger partial charge on any atom is 0.255 e. The molecule has 2 aromatic rings. The number of hydrogen-bond donors (Lipinski definition) is 0. The normalized spacial score (nSPS) is 17.8. The van der Waals surface area contributed by atoms with Crippen molar-refractivity contribution in [2.45, 2.75) is 25.7 Å². The third-order valence-corrected chi connectivity index (χ3v) is 5.95. The molecule has 1 amide bonds. The molecular formula is C23H30N4O2. The van der Waals surface area contributed by atoms with Crippen LogP contribution >= 0.6 is 0 Å². The first-order valence-corrected chi connectivity index (χ1v) is 10.6. The summed E-state index contributed by atoms with van der Waals surface area (Å²) in [5.41, 5.74) is 2.95. The van der Waals surface area contributed by atoms with E-state index in [1.165, 1.54) is 31.4 Å². The van der Waals surface area contributed by atoms with E-state index in [0.29, 0.717) is 5.56 Å². The molecule has 2 saturated heterocycles. The number of rotatable bonds is 4. The van der Waals surface area contributed by atoms with Crippen LogP contribution < -0.4 is 14.5 Å². The summed E-state index contributed by atoms with van der Waals surface area (Å²) in [5.74, 6) is 0.947. The zero-order valence-corrected chi connectivity index (χ0v) is 17.2. The van der Waals surface area contributed by atoms with Crippen molar-refractivity contribution >= 4 is 17.3 Å². The average Bonchev–Trinajstić information content (AvgIpc) is 3.09. The van der Waals surface area contributed by atoms with E-state index in [0.717, 1.165) is 50.7 Å². The lowest BCUT2D eigenvalue weighted by molar-refractivity contribution is 0.0746. The van der Waals surface area contributed by atoms with Crippen LogP contribution in [0, 0.1) is 0 Å². The van der Waals surface area contributed by atoms with Crippen LogP contribution in [0.5, 0.6) is 5.75 Å². The second-order valence-electron chi connectivity index (χ2n) is 7.81. The summed E-state index contributed by atoms with van der Waals surface area (Å²) in [5, 5.41) is 0. The molecule has 0 N–H and O–H groups in total. The number of pyridine rings is 1. The van der Waals surface area contributed by atoms with E-state index in [-0.39, 0.29) is 5.91 Å². The summed E-state index contributed by atoms with van der Waals surface area (Å²) >= 11 is 0. The number of carbonyl (C=O) groups excluding carboxylic acids is 1. The van der Waals surface area contributed by atoms with E-state index in [2.05, 4.69) is 26.9 Å². The highest BCUT2D eigenvalue weighted by molar-refractivity contribution is 5.95. The van der Waals surface area contributed by atoms with Crippen molar-refractivity contribution in [2.75, 3.05) is 56.2 Å².